The number of benzene rings is 3. The zero-order chi connectivity index (χ0) is 27.1. The third-order valence-electron chi connectivity index (χ3n) is 6.44. The lowest BCUT2D eigenvalue weighted by molar-refractivity contribution is -0.376. The van der Waals surface area contributed by atoms with Gasteiger partial charge in [0.2, 0.25) is 0 Å². The minimum Gasteiger partial charge on any atom is -0.459 e. The first-order valence-corrected chi connectivity index (χ1v) is 12.9. The van der Waals surface area contributed by atoms with Gasteiger partial charge in [-0.3, -0.25) is 4.74 Å². The maximum atomic E-state index is 13.0. The van der Waals surface area contributed by atoms with Crippen LogP contribution in [0.15, 0.2) is 104 Å². The molecule has 0 bridgehead atoms. The Morgan fingerprint density at radius 1 is 0.846 bits per heavy atom. The van der Waals surface area contributed by atoms with Crippen LogP contribution in [0.1, 0.15) is 39.1 Å². The number of carbonyl (C=O) groups is 2. The molecule has 8 heteroatoms. The molecule has 1 unspecified atom stereocenters. The van der Waals surface area contributed by atoms with Crippen molar-refractivity contribution in [1.82, 2.24) is 0 Å². The molecule has 0 N–H and O–H groups in total. The highest BCUT2D eigenvalue weighted by Crippen LogP contribution is 2.45. The molecule has 3 aromatic rings. The van der Waals surface area contributed by atoms with Crippen molar-refractivity contribution in [2.45, 2.75) is 43.4 Å². The average Bonchev–Trinajstić information content (AvgIpc) is 3.50. The number of carbonyl (C=O) groups excluding carboxylic acids is 2. The molecule has 8 nitrogen and oxygen atoms in total. The summed E-state index contributed by atoms with van der Waals surface area (Å²) in [4.78, 5) is 25.6. The van der Waals surface area contributed by atoms with Gasteiger partial charge in [-0.25, -0.2) is 9.59 Å². The minimum absolute atomic E-state index is 0.168. The molecule has 0 radical (unpaired) electrons. The Labute approximate surface area is 227 Å². The number of ether oxygens (including phenoxy) is 6. The second-order valence-electron chi connectivity index (χ2n) is 9.15. The fraction of sp³-hybridized carbons (Fsp3) is 0.290. The second-order valence-corrected chi connectivity index (χ2v) is 9.15. The molecule has 0 amide bonds. The van der Waals surface area contributed by atoms with E-state index in [4.69, 9.17) is 28.4 Å². The summed E-state index contributed by atoms with van der Waals surface area (Å²) in [7, 11) is 0. The van der Waals surface area contributed by atoms with Gasteiger partial charge < -0.3 is 23.7 Å². The van der Waals surface area contributed by atoms with Crippen LogP contribution in [-0.2, 0) is 34.4 Å². The number of rotatable bonds is 11. The van der Waals surface area contributed by atoms with Gasteiger partial charge in [-0.05, 0) is 37.1 Å². The normalized spacial score (nSPS) is 25.5. The van der Waals surface area contributed by atoms with E-state index in [1.807, 2.05) is 48.5 Å². The monoisotopic (exact) mass is 530 g/mol. The van der Waals surface area contributed by atoms with Crippen molar-refractivity contribution in [3.63, 3.8) is 0 Å². The van der Waals surface area contributed by atoms with E-state index >= 15 is 0 Å². The topological polar surface area (TPSA) is 89.5 Å². The molecule has 2 heterocycles. The van der Waals surface area contributed by atoms with Crippen molar-refractivity contribution in [2.75, 3.05) is 13.2 Å². The Kier molecular flexibility index (Phi) is 8.48. The van der Waals surface area contributed by atoms with Crippen molar-refractivity contribution in [3.8, 4) is 0 Å². The van der Waals surface area contributed by atoms with Crippen LogP contribution in [0.5, 0.6) is 0 Å². The molecule has 0 saturated carbocycles. The molecule has 2 aliphatic rings. The SMILES string of the molecule is C=CCCCOC1(c2ccccc2)O[C@@H]2O[C@H](COC(=O)c3ccccc3)[C@H](OC(=O)c3ccccc3)[C@@H]2O1. The molecule has 3 aromatic carbocycles. The Morgan fingerprint density at radius 2 is 1.46 bits per heavy atom. The number of esters is 2. The summed E-state index contributed by atoms with van der Waals surface area (Å²) in [6.45, 7) is 3.92. The summed E-state index contributed by atoms with van der Waals surface area (Å²) in [6.07, 6.45) is -0.237. The molecular formula is C31H30O8. The highest BCUT2D eigenvalue weighted by atomic mass is 16.9. The summed E-state index contributed by atoms with van der Waals surface area (Å²) < 4.78 is 36.3. The van der Waals surface area contributed by atoms with Gasteiger partial charge in [0.15, 0.2) is 18.5 Å². The van der Waals surface area contributed by atoms with E-state index in [-0.39, 0.29) is 6.61 Å². The average molecular weight is 531 g/mol. The van der Waals surface area contributed by atoms with E-state index in [1.165, 1.54) is 0 Å². The van der Waals surface area contributed by atoms with Crippen LogP contribution in [0.3, 0.4) is 0 Å². The first kappa shape index (κ1) is 26.8. The molecule has 5 atom stereocenters. The quantitative estimate of drug-likeness (QED) is 0.194. The summed E-state index contributed by atoms with van der Waals surface area (Å²) in [5, 5.41) is 0. The van der Waals surface area contributed by atoms with Crippen LogP contribution in [-0.4, -0.2) is 49.8 Å². The number of allylic oxidation sites excluding steroid dienone is 1. The zero-order valence-electron chi connectivity index (χ0n) is 21.3. The van der Waals surface area contributed by atoms with Gasteiger partial charge in [0, 0.05) is 5.56 Å². The van der Waals surface area contributed by atoms with E-state index < -0.39 is 42.5 Å². The lowest BCUT2D eigenvalue weighted by Gasteiger charge is -2.31. The van der Waals surface area contributed by atoms with Crippen molar-refractivity contribution < 1.29 is 38.0 Å². The third kappa shape index (κ3) is 6.10. The van der Waals surface area contributed by atoms with Gasteiger partial charge in [-0.2, -0.15) is 0 Å². The maximum absolute atomic E-state index is 13.0. The van der Waals surface area contributed by atoms with Gasteiger partial charge in [-0.15, -0.1) is 6.58 Å². The fourth-order valence-corrected chi connectivity index (χ4v) is 4.49. The largest absolute Gasteiger partial charge is 0.459 e. The van der Waals surface area contributed by atoms with E-state index in [0.717, 1.165) is 6.42 Å². The minimum atomic E-state index is -1.55. The molecular weight excluding hydrogens is 500 g/mol. The van der Waals surface area contributed by atoms with Gasteiger partial charge in [0.1, 0.15) is 12.7 Å². The van der Waals surface area contributed by atoms with Crippen molar-refractivity contribution in [1.29, 1.82) is 0 Å². The van der Waals surface area contributed by atoms with E-state index in [0.29, 0.717) is 29.7 Å². The van der Waals surface area contributed by atoms with Crippen LogP contribution in [0.4, 0.5) is 0 Å². The number of hydrogen-bond donors (Lipinski definition) is 0. The lowest BCUT2D eigenvalue weighted by atomic mass is 10.1. The molecule has 202 valence electrons. The molecule has 39 heavy (non-hydrogen) atoms. The number of unbranched alkanes of at least 4 members (excludes halogenated alkanes) is 1. The highest BCUT2D eigenvalue weighted by molar-refractivity contribution is 5.90. The molecule has 2 fully saturated rings. The first-order chi connectivity index (χ1) is 19.1. The Bertz CT molecular complexity index is 1250. The van der Waals surface area contributed by atoms with Crippen LogP contribution in [0.2, 0.25) is 0 Å². The van der Waals surface area contributed by atoms with Crippen LogP contribution in [0, 0.1) is 0 Å². The molecule has 5 rings (SSSR count). The molecule has 0 aromatic heterocycles. The van der Waals surface area contributed by atoms with E-state index in [9.17, 15) is 9.59 Å². The standard InChI is InChI=1S/C31H30O8/c1-2-3-13-20-35-31(24-18-11-6-12-19-24)38-27-26(37-29(33)23-16-9-5-10-17-23)25(36-30(27)39-31)21-34-28(32)22-14-7-4-8-15-22/h2,4-12,14-19,25-27,30H,1,3,13,20-21H2/t25-,26+,27+,30+,31?/m1/s1. The van der Waals surface area contributed by atoms with Gasteiger partial charge in [-0.1, -0.05) is 72.8 Å². The number of hydrogen-bond acceptors (Lipinski definition) is 8. The lowest BCUT2D eigenvalue weighted by Crippen LogP contribution is -2.42. The molecule has 0 spiro atoms. The summed E-state index contributed by atoms with van der Waals surface area (Å²) in [5.41, 5.74) is 1.41. The molecule has 2 aliphatic heterocycles. The second kappa shape index (κ2) is 12.4. The fourth-order valence-electron chi connectivity index (χ4n) is 4.49. The number of fused-ring (bicyclic) bond motifs is 1. The van der Waals surface area contributed by atoms with Gasteiger partial charge in [0.05, 0.1) is 17.7 Å². The Balaban J connectivity index is 1.36. The van der Waals surface area contributed by atoms with Crippen LogP contribution in [0.25, 0.3) is 0 Å². The van der Waals surface area contributed by atoms with Gasteiger partial charge >= 0.3 is 17.9 Å². The van der Waals surface area contributed by atoms with Crippen molar-refractivity contribution >= 4 is 11.9 Å². The van der Waals surface area contributed by atoms with Crippen LogP contribution >= 0.6 is 0 Å². The predicted octanol–water partition coefficient (Wildman–Crippen LogP) is 5.00. The summed E-state index contributed by atoms with van der Waals surface area (Å²) in [5.74, 6) is -2.63. The smallest absolute Gasteiger partial charge is 0.338 e. The first-order valence-electron chi connectivity index (χ1n) is 12.9. The molecule has 0 aliphatic carbocycles. The maximum Gasteiger partial charge on any atom is 0.338 e. The Morgan fingerprint density at radius 3 is 2.10 bits per heavy atom. The summed E-state index contributed by atoms with van der Waals surface area (Å²) in [6, 6.07) is 26.5. The molecule has 2 saturated heterocycles. The van der Waals surface area contributed by atoms with Crippen molar-refractivity contribution in [3.05, 3.63) is 120 Å². The zero-order valence-corrected chi connectivity index (χ0v) is 21.3. The predicted molar refractivity (Wildman–Crippen MR) is 140 cm³/mol. The van der Waals surface area contributed by atoms with Crippen LogP contribution < -0.4 is 0 Å². The van der Waals surface area contributed by atoms with E-state index in [2.05, 4.69) is 6.58 Å². The third-order valence-corrected chi connectivity index (χ3v) is 6.44. The Hall–Kier alpha value is -3.82. The highest BCUT2D eigenvalue weighted by Gasteiger charge is 2.61. The van der Waals surface area contributed by atoms with Crippen molar-refractivity contribution in [2.24, 2.45) is 0 Å². The van der Waals surface area contributed by atoms with E-state index in [1.54, 1.807) is 48.5 Å². The van der Waals surface area contributed by atoms with Gasteiger partial charge in [0.25, 0.3) is 0 Å². The summed E-state index contributed by atoms with van der Waals surface area (Å²) >= 11 is 0.